The van der Waals surface area contributed by atoms with Crippen LogP contribution in [-0.2, 0) is 4.79 Å². The molecule has 2 aliphatic heterocycles. The zero-order valence-electron chi connectivity index (χ0n) is 11.9. The topological polar surface area (TPSA) is 35.6 Å². The first-order valence-electron chi connectivity index (χ1n) is 8.08. The van der Waals surface area contributed by atoms with Gasteiger partial charge in [-0.05, 0) is 19.3 Å². The highest BCUT2D eigenvalue weighted by Gasteiger charge is 2.34. The predicted molar refractivity (Wildman–Crippen MR) is 76.0 cm³/mol. The Labute approximate surface area is 116 Å². The summed E-state index contributed by atoms with van der Waals surface area (Å²) < 4.78 is 0. The molecule has 0 radical (unpaired) electrons. The van der Waals surface area contributed by atoms with Crippen LogP contribution in [0.4, 0.5) is 0 Å². The normalized spacial score (nSPS) is 30.7. The van der Waals surface area contributed by atoms with Gasteiger partial charge in [0.25, 0.3) is 0 Å². The minimum atomic E-state index is 0.343. The van der Waals surface area contributed by atoms with Crippen molar-refractivity contribution in [2.75, 3.05) is 39.3 Å². The quantitative estimate of drug-likeness (QED) is 0.811. The summed E-state index contributed by atoms with van der Waals surface area (Å²) in [6.07, 6.45) is 7.28. The predicted octanol–water partition coefficient (Wildman–Crippen LogP) is 1.07. The highest BCUT2D eigenvalue weighted by atomic mass is 16.2. The molecule has 3 aliphatic rings. The maximum atomic E-state index is 12.5. The second-order valence-electron chi connectivity index (χ2n) is 6.35. The number of carbonyl (C=O) groups is 1. The molecule has 1 aliphatic carbocycles. The van der Waals surface area contributed by atoms with Crippen LogP contribution in [0, 0.1) is 5.92 Å². The first kappa shape index (κ1) is 13.4. The van der Waals surface area contributed by atoms with E-state index in [2.05, 4.69) is 15.1 Å². The highest BCUT2D eigenvalue weighted by molar-refractivity contribution is 5.79. The molecule has 1 amide bonds. The summed E-state index contributed by atoms with van der Waals surface area (Å²) in [6.45, 7) is 6.48. The van der Waals surface area contributed by atoms with Gasteiger partial charge in [0, 0.05) is 51.2 Å². The number of piperazine rings is 1. The van der Waals surface area contributed by atoms with Crippen molar-refractivity contribution in [1.29, 1.82) is 0 Å². The zero-order chi connectivity index (χ0) is 13.1. The lowest BCUT2D eigenvalue weighted by Gasteiger charge is -2.33. The maximum absolute atomic E-state index is 12.5. The van der Waals surface area contributed by atoms with E-state index in [0.717, 1.165) is 52.1 Å². The molecule has 1 N–H and O–H groups in total. The van der Waals surface area contributed by atoms with Crippen LogP contribution in [0.3, 0.4) is 0 Å². The van der Waals surface area contributed by atoms with Crippen molar-refractivity contribution in [1.82, 2.24) is 15.1 Å². The van der Waals surface area contributed by atoms with Crippen LogP contribution in [0.15, 0.2) is 0 Å². The number of hydrogen-bond donors (Lipinski definition) is 1. The molecular formula is C15H27N3O. The molecule has 0 spiro atoms. The van der Waals surface area contributed by atoms with Crippen LogP contribution in [0.2, 0.25) is 0 Å². The maximum Gasteiger partial charge on any atom is 0.225 e. The molecule has 4 heteroatoms. The SMILES string of the molecule is O=C(C1CCCCC1)N1CCC(N2CCNCC2)C1. The van der Waals surface area contributed by atoms with Crippen molar-refractivity contribution in [3.05, 3.63) is 0 Å². The summed E-state index contributed by atoms with van der Waals surface area (Å²) in [5, 5.41) is 3.40. The largest absolute Gasteiger partial charge is 0.341 e. The molecule has 1 saturated carbocycles. The Bertz CT molecular complexity index is 309. The third-order valence-corrected chi connectivity index (χ3v) is 5.10. The molecule has 2 heterocycles. The molecule has 108 valence electrons. The minimum absolute atomic E-state index is 0.343. The van der Waals surface area contributed by atoms with Crippen molar-refractivity contribution >= 4 is 5.91 Å². The average molecular weight is 265 g/mol. The van der Waals surface area contributed by atoms with E-state index in [1.165, 1.54) is 25.7 Å². The second kappa shape index (κ2) is 6.23. The molecule has 3 rings (SSSR count). The lowest BCUT2D eigenvalue weighted by molar-refractivity contribution is -0.135. The number of nitrogens with zero attached hydrogens (tertiary/aromatic N) is 2. The molecule has 0 aromatic carbocycles. The van der Waals surface area contributed by atoms with Gasteiger partial charge < -0.3 is 10.2 Å². The van der Waals surface area contributed by atoms with Gasteiger partial charge in [0.2, 0.25) is 5.91 Å². The number of hydrogen-bond acceptors (Lipinski definition) is 3. The number of nitrogens with one attached hydrogen (secondary N) is 1. The fourth-order valence-electron chi connectivity index (χ4n) is 3.90. The molecule has 0 bridgehead atoms. The number of amides is 1. The van der Waals surface area contributed by atoms with Gasteiger partial charge in [-0.3, -0.25) is 9.69 Å². The molecule has 3 fully saturated rings. The van der Waals surface area contributed by atoms with Crippen LogP contribution in [0.25, 0.3) is 0 Å². The van der Waals surface area contributed by atoms with E-state index >= 15 is 0 Å². The van der Waals surface area contributed by atoms with Crippen LogP contribution < -0.4 is 5.32 Å². The van der Waals surface area contributed by atoms with Crippen LogP contribution in [0.5, 0.6) is 0 Å². The number of rotatable bonds is 2. The van der Waals surface area contributed by atoms with E-state index in [1.807, 2.05) is 0 Å². The van der Waals surface area contributed by atoms with Crippen molar-refractivity contribution in [3.8, 4) is 0 Å². The van der Waals surface area contributed by atoms with Crippen LogP contribution >= 0.6 is 0 Å². The van der Waals surface area contributed by atoms with Crippen molar-refractivity contribution in [3.63, 3.8) is 0 Å². The van der Waals surface area contributed by atoms with Crippen molar-refractivity contribution in [2.45, 2.75) is 44.6 Å². The fourth-order valence-corrected chi connectivity index (χ4v) is 3.90. The number of carbonyl (C=O) groups excluding carboxylic acids is 1. The van der Waals surface area contributed by atoms with E-state index in [1.54, 1.807) is 0 Å². The van der Waals surface area contributed by atoms with E-state index in [-0.39, 0.29) is 0 Å². The Kier molecular flexibility index (Phi) is 4.38. The Morgan fingerprint density at radius 3 is 2.42 bits per heavy atom. The van der Waals surface area contributed by atoms with Crippen LogP contribution in [-0.4, -0.2) is 61.0 Å². The molecule has 1 unspecified atom stereocenters. The van der Waals surface area contributed by atoms with Gasteiger partial charge >= 0.3 is 0 Å². The van der Waals surface area contributed by atoms with E-state index in [9.17, 15) is 4.79 Å². The molecule has 0 aromatic heterocycles. The standard InChI is InChI=1S/C15H27N3O/c19-15(13-4-2-1-3-5-13)18-9-6-14(12-18)17-10-7-16-8-11-17/h13-14,16H,1-12H2. The van der Waals surface area contributed by atoms with Gasteiger partial charge in [-0.1, -0.05) is 19.3 Å². The first-order valence-corrected chi connectivity index (χ1v) is 8.08. The van der Waals surface area contributed by atoms with E-state index in [4.69, 9.17) is 0 Å². The monoisotopic (exact) mass is 265 g/mol. The molecule has 1 atom stereocenters. The Morgan fingerprint density at radius 1 is 0.947 bits per heavy atom. The van der Waals surface area contributed by atoms with Gasteiger partial charge in [-0.2, -0.15) is 0 Å². The van der Waals surface area contributed by atoms with Gasteiger partial charge in [-0.25, -0.2) is 0 Å². The summed E-state index contributed by atoms with van der Waals surface area (Å²) in [5.74, 6) is 0.799. The third-order valence-electron chi connectivity index (χ3n) is 5.10. The molecular weight excluding hydrogens is 238 g/mol. The lowest BCUT2D eigenvalue weighted by Crippen LogP contribution is -2.49. The summed E-state index contributed by atoms with van der Waals surface area (Å²) in [4.78, 5) is 17.3. The summed E-state index contributed by atoms with van der Waals surface area (Å²) in [6, 6.07) is 0.620. The lowest BCUT2D eigenvalue weighted by atomic mass is 9.88. The smallest absolute Gasteiger partial charge is 0.225 e. The van der Waals surface area contributed by atoms with Gasteiger partial charge in [0.15, 0.2) is 0 Å². The number of likely N-dealkylation sites (tertiary alicyclic amines) is 1. The molecule has 4 nitrogen and oxygen atoms in total. The molecule has 2 saturated heterocycles. The minimum Gasteiger partial charge on any atom is -0.341 e. The molecule has 0 aromatic rings. The van der Waals surface area contributed by atoms with E-state index < -0.39 is 0 Å². The second-order valence-corrected chi connectivity index (χ2v) is 6.35. The summed E-state index contributed by atoms with van der Waals surface area (Å²) >= 11 is 0. The Morgan fingerprint density at radius 2 is 1.68 bits per heavy atom. The highest BCUT2D eigenvalue weighted by Crippen LogP contribution is 2.27. The third kappa shape index (κ3) is 3.11. The summed E-state index contributed by atoms with van der Waals surface area (Å²) in [5.41, 5.74) is 0. The average Bonchev–Trinajstić information content (AvgIpc) is 2.98. The van der Waals surface area contributed by atoms with Crippen molar-refractivity contribution < 1.29 is 4.79 Å². The van der Waals surface area contributed by atoms with Crippen LogP contribution in [0.1, 0.15) is 38.5 Å². The Balaban J connectivity index is 1.51. The zero-order valence-corrected chi connectivity index (χ0v) is 11.9. The molecule has 19 heavy (non-hydrogen) atoms. The van der Waals surface area contributed by atoms with E-state index in [0.29, 0.717) is 17.9 Å². The summed E-state index contributed by atoms with van der Waals surface area (Å²) in [7, 11) is 0. The van der Waals surface area contributed by atoms with Gasteiger partial charge in [0.1, 0.15) is 0 Å². The first-order chi connectivity index (χ1) is 9.34. The van der Waals surface area contributed by atoms with Crippen molar-refractivity contribution in [2.24, 2.45) is 5.92 Å². The Hall–Kier alpha value is -0.610. The fraction of sp³-hybridized carbons (Fsp3) is 0.933. The van der Waals surface area contributed by atoms with Gasteiger partial charge in [-0.15, -0.1) is 0 Å². The van der Waals surface area contributed by atoms with Gasteiger partial charge in [0.05, 0.1) is 0 Å².